The van der Waals surface area contributed by atoms with Crippen LogP contribution in [0.25, 0.3) is 0 Å². The van der Waals surface area contributed by atoms with Crippen LogP contribution in [0.1, 0.15) is 19.3 Å². The van der Waals surface area contributed by atoms with Crippen LogP contribution in [-0.2, 0) is 0 Å². The van der Waals surface area contributed by atoms with E-state index in [1.807, 2.05) is 0 Å². The minimum Gasteiger partial charge on any atom is -0.330 e. The first kappa shape index (κ1) is 9.21. The Bertz CT molecular complexity index is 77.5. The Morgan fingerprint density at radius 1 is 1.33 bits per heavy atom. The van der Waals surface area contributed by atoms with E-state index in [9.17, 15) is 0 Å². The summed E-state index contributed by atoms with van der Waals surface area (Å²) in [5.41, 5.74) is 11.1. The van der Waals surface area contributed by atoms with Crippen molar-refractivity contribution in [1.82, 2.24) is 0 Å². The molecule has 1 aliphatic rings. The second kappa shape index (κ2) is 4.09. The minimum atomic E-state index is 0. The van der Waals surface area contributed by atoms with Crippen molar-refractivity contribution >= 4 is 12.4 Å². The monoisotopic (exact) mass is 150 g/mol. The highest BCUT2D eigenvalue weighted by atomic mass is 35.5. The topological polar surface area (TPSA) is 52.0 Å². The van der Waals surface area contributed by atoms with Crippen LogP contribution in [-0.4, -0.2) is 12.6 Å². The third kappa shape index (κ3) is 2.52. The average Bonchev–Trinajstić information content (AvgIpc) is 2.14. The third-order valence-corrected chi connectivity index (χ3v) is 1.92. The molecule has 56 valence electrons. The van der Waals surface area contributed by atoms with E-state index in [1.54, 1.807) is 0 Å². The number of rotatable bonds is 1. The molecule has 0 aliphatic heterocycles. The van der Waals surface area contributed by atoms with Crippen LogP contribution in [0.3, 0.4) is 0 Å². The number of hydrogen-bond acceptors (Lipinski definition) is 2. The van der Waals surface area contributed by atoms with Crippen molar-refractivity contribution in [2.24, 2.45) is 17.4 Å². The minimum absolute atomic E-state index is 0. The molecule has 0 aromatic carbocycles. The quantitative estimate of drug-likeness (QED) is 0.572. The van der Waals surface area contributed by atoms with Crippen LogP contribution in [0, 0.1) is 5.92 Å². The Balaban J connectivity index is 0.000000640. The number of nitrogens with two attached hydrogens (primary N) is 2. The highest BCUT2D eigenvalue weighted by Gasteiger charge is 2.19. The van der Waals surface area contributed by atoms with Crippen LogP contribution >= 0.6 is 12.4 Å². The number of hydrogen-bond donors (Lipinski definition) is 2. The summed E-state index contributed by atoms with van der Waals surface area (Å²) in [6, 6.07) is 0.448. The molecule has 2 unspecified atom stereocenters. The Morgan fingerprint density at radius 2 is 2.00 bits per heavy atom. The lowest BCUT2D eigenvalue weighted by Gasteiger charge is -2.02. The van der Waals surface area contributed by atoms with Gasteiger partial charge in [0.05, 0.1) is 0 Å². The van der Waals surface area contributed by atoms with Crippen LogP contribution in [0.15, 0.2) is 0 Å². The summed E-state index contributed by atoms with van der Waals surface area (Å²) in [6.07, 6.45) is 3.58. The van der Waals surface area contributed by atoms with E-state index in [2.05, 4.69) is 0 Å². The van der Waals surface area contributed by atoms with Gasteiger partial charge in [-0.3, -0.25) is 0 Å². The summed E-state index contributed by atoms with van der Waals surface area (Å²) in [7, 11) is 0. The molecule has 0 bridgehead atoms. The van der Waals surface area contributed by atoms with Gasteiger partial charge in [0, 0.05) is 6.04 Å². The normalized spacial score (nSPS) is 34.0. The molecule has 0 saturated heterocycles. The van der Waals surface area contributed by atoms with E-state index in [0.717, 1.165) is 18.9 Å². The van der Waals surface area contributed by atoms with Crippen LogP contribution < -0.4 is 11.5 Å². The first-order valence-electron chi connectivity index (χ1n) is 3.28. The van der Waals surface area contributed by atoms with Crippen LogP contribution in [0.4, 0.5) is 0 Å². The molecule has 1 aliphatic carbocycles. The molecule has 0 aromatic rings. The van der Waals surface area contributed by atoms with Crippen molar-refractivity contribution in [3.8, 4) is 0 Å². The zero-order valence-corrected chi connectivity index (χ0v) is 6.36. The van der Waals surface area contributed by atoms with Crippen LogP contribution in [0.5, 0.6) is 0 Å². The highest BCUT2D eigenvalue weighted by Crippen LogP contribution is 2.22. The molecule has 3 heteroatoms. The molecule has 0 heterocycles. The van der Waals surface area contributed by atoms with Crippen molar-refractivity contribution in [1.29, 1.82) is 0 Å². The first-order valence-corrected chi connectivity index (χ1v) is 3.28. The fourth-order valence-corrected chi connectivity index (χ4v) is 1.33. The number of halogens is 1. The lowest BCUT2D eigenvalue weighted by atomic mass is 10.1. The Morgan fingerprint density at radius 3 is 2.22 bits per heavy atom. The lowest BCUT2D eigenvalue weighted by Crippen LogP contribution is -2.17. The van der Waals surface area contributed by atoms with Gasteiger partial charge in [0.25, 0.3) is 0 Å². The summed E-state index contributed by atoms with van der Waals surface area (Å²) in [5, 5.41) is 0. The van der Waals surface area contributed by atoms with Gasteiger partial charge in [0.1, 0.15) is 0 Å². The molecule has 0 radical (unpaired) electrons. The second-order valence-electron chi connectivity index (χ2n) is 2.67. The summed E-state index contributed by atoms with van der Waals surface area (Å²) in [4.78, 5) is 0. The molecular weight excluding hydrogens is 136 g/mol. The van der Waals surface area contributed by atoms with E-state index in [0.29, 0.717) is 6.04 Å². The summed E-state index contributed by atoms with van der Waals surface area (Å²) in [6.45, 7) is 0.827. The SMILES string of the molecule is Cl.NCC1CCC(N)C1. The zero-order valence-electron chi connectivity index (χ0n) is 5.55. The molecule has 0 aromatic heterocycles. The average molecular weight is 151 g/mol. The summed E-state index contributed by atoms with van der Waals surface area (Å²) >= 11 is 0. The molecule has 1 saturated carbocycles. The summed E-state index contributed by atoms with van der Waals surface area (Å²) < 4.78 is 0. The van der Waals surface area contributed by atoms with Crippen molar-refractivity contribution < 1.29 is 0 Å². The van der Waals surface area contributed by atoms with Gasteiger partial charge in [0.2, 0.25) is 0 Å². The second-order valence-corrected chi connectivity index (χ2v) is 2.67. The molecule has 1 rings (SSSR count). The predicted octanol–water partition coefficient (Wildman–Crippen LogP) is 0.494. The molecule has 0 spiro atoms. The van der Waals surface area contributed by atoms with Gasteiger partial charge in [-0.2, -0.15) is 0 Å². The van der Waals surface area contributed by atoms with Crippen molar-refractivity contribution in [2.45, 2.75) is 25.3 Å². The van der Waals surface area contributed by atoms with Gasteiger partial charge in [0.15, 0.2) is 0 Å². The highest BCUT2D eigenvalue weighted by molar-refractivity contribution is 5.85. The molecule has 4 N–H and O–H groups in total. The Kier molecular flexibility index (Phi) is 4.19. The molecular formula is C6H15ClN2. The molecule has 2 atom stereocenters. The first-order chi connectivity index (χ1) is 3.83. The molecule has 2 nitrogen and oxygen atoms in total. The molecule has 1 fully saturated rings. The van der Waals surface area contributed by atoms with Crippen LogP contribution in [0.2, 0.25) is 0 Å². The van der Waals surface area contributed by atoms with Gasteiger partial charge in [-0.25, -0.2) is 0 Å². The molecule has 9 heavy (non-hydrogen) atoms. The molecule has 0 amide bonds. The predicted molar refractivity (Wildman–Crippen MR) is 41.6 cm³/mol. The lowest BCUT2D eigenvalue weighted by molar-refractivity contribution is 0.550. The van der Waals surface area contributed by atoms with E-state index in [1.165, 1.54) is 12.8 Å². The van der Waals surface area contributed by atoms with Crippen molar-refractivity contribution in [2.75, 3.05) is 6.54 Å². The van der Waals surface area contributed by atoms with E-state index in [-0.39, 0.29) is 12.4 Å². The Labute approximate surface area is 62.4 Å². The van der Waals surface area contributed by atoms with E-state index >= 15 is 0 Å². The van der Waals surface area contributed by atoms with Crippen molar-refractivity contribution in [3.63, 3.8) is 0 Å². The summed E-state index contributed by atoms with van der Waals surface area (Å²) in [5.74, 6) is 0.727. The van der Waals surface area contributed by atoms with Gasteiger partial charge in [-0.1, -0.05) is 0 Å². The maximum Gasteiger partial charge on any atom is 0.00420 e. The maximum atomic E-state index is 5.65. The van der Waals surface area contributed by atoms with Gasteiger partial charge in [-0.15, -0.1) is 12.4 Å². The third-order valence-electron chi connectivity index (χ3n) is 1.92. The van der Waals surface area contributed by atoms with Crippen molar-refractivity contribution in [3.05, 3.63) is 0 Å². The Hall–Kier alpha value is 0.210. The maximum absolute atomic E-state index is 5.65. The zero-order chi connectivity index (χ0) is 5.98. The largest absolute Gasteiger partial charge is 0.330 e. The van der Waals surface area contributed by atoms with E-state index < -0.39 is 0 Å². The van der Waals surface area contributed by atoms with Gasteiger partial charge >= 0.3 is 0 Å². The van der Waals surface area contributed by atoms with E-state index in [4.69, 9.17) is 11.5 Å². The van der Waals surface area contributed by atoms with Gasteiger partial charge < -0.3 is 11.5 Å². The fourth-order valence-electron chi connectivity index (χ4n) is 1.33. The fraction of sp³-hybridized carbons (Fsp3) is 1.00. The standard InChI is InChI=1S/C6H14N2.ClH/c7-4-5-1-2-6(8)3-5;/h5-6H,1-4,7-8H2;1H. The van der Waals surface area contributed by atoms with Gasteiger partial charge in [-0.05, 0) is 31.7 Å². The smallest absolute Gasteiger partial charge is 0.00420 e.